The summed E-state index contributed by atoms with van der Waals surface area (Å²) >= 11 is 0. The smallest absolute Gasteiger partial charge is 0.245 e. The van der Waals surface area contributed by atoms with Crippen molar-refractivity contribution in [3.8, 4) is 0 Å². The lowest BCUT2D eigenvalue weighted by Crippen LogP contribution is -2.65. The van der Waals surface area contributed by atoms with Gasteiger partial charge in [0.2, 0.25) is 11.8 Å². The van der Waals surface area contributed by atoms with Gasteiger partial charge in [0.1, 0.15) is 21.9 Å². The molecule has 2 aliphatic heterocycles. The van der Waals surface area contributed by atoms with Crippen molar-refractivity contribution in [1.82, 2.24) is 10.2 Å². The molecule has 2 rings (SSSR count). The Bertz CT molecular complexity index is 474. The molecule has 108 valence electrons. The molecule has 0 saturated carbocycles. The molecule has 0 aliphatic carbocycles. The van der Waals surface area contributed by atoms with Crippen LogP contribution in [-0.2, 0) is 19.4 Å². The largest absolute Gasteiger partial charge is 0.343 e. The lowest BCUT2D eigenvalue weighted by atomic mass is 9.99. The van der Waals surface area contributed by atoms with Gasteiger partial charge in [0.25, 0.3) is 0 Å². The van der Waals surface area contributed by atoms with Crippen molar-refractivity contribution >= 4 is 21.7 Å². The molecular formula is C12H20N2O4S. The molecule has 2 unspecified atom stereocenters. The maximum Gasteiger partial charge on any atom is 0.245 e. The lowest BCUT2D eigenvalue weighted by Gasteiger charge is -2.43. The number of hydrogen-bond acceptors (Lipinski definition) is 4. The highest BCUT2D eigenvalue weighted by Gasteiger charge is 2.42. The SMILES string of the molecule is CCC1C(=O)NC(C)C(=O)N1C1CCS(=O)(=O)CC1. The summed E-state index contributed by atoms with van der Waals surface area (Å²) in [6.45, 7) is 3.53. The van der Waals surface area contributed by atoms with E-state index in [0.717, 1.165) is 0 Å². The number of nitrogens with one attached hydrogen (secondary N) is 1. The van der Waals surface area contributed by atoms with E-state index in [1.807, 2.05) is 6.92 Å². The first-order valence-corrected chi connectivity index (χ1v) is 8.51. The molecule has 19 heavy (non-hydrogen) atoms. The molecular weight excluding hydrogens is 268 g/mol. The van der Waals surface area contributed by atoms with Crippen molar-refractivity contribution in [2.24, 2.45) is 0 Å². The average Bonchev–Trinajstić information content (AvgIpc) is 2.34. The molecule has 0 radical (unpaired) electrons. The number of piperazine rings is 1. The van der Waals surface area contributed by atoms with Crippen molar-refractivity contribution < 1.29 is 18.0 Å². The highest BCUT2D eigenvalue weighted by Crippen LogP contribution is 2.24. The fourth-order valence-corrected chi connectivity index (χ4v) is 4.31. The van der Waals surface area contributed by atoms with Crippen LogP contribution < -0.4 is 5.32 Å². The zero-order valence-corrected chi connectivity index (χ0v) is 12.1. The normalized spacial score (nSPS) is 32.2. The zero-order valence-electron chi connectivity index (χ0n) is 11.3. The van der Waals surface area contributed by atoms with Gasteiger partial charge in [-0.2, -0.15) is 0 Å². The van der Waals surface area contributed by atoms with E-state index in [1.54, 1.807) is 11.8 Å². The number of carbonyl (C=O) groups is 2. The Morgan fingerprint density at radius 2 is 1.84 bits per heavy atom. The first-order valence-electron chi connectivity index (χ1n) is 6.68. The Balaban J connectivity index is 2.19. The summed E-state index contributed by atoms with van der Waals surface area (Å²) in [6.07, 6.45) is 1.42. The van der Waals surface area contributed by atoms with Crippen molar-refractivity contribution in [2.75, 3.05) is 11.5 Å². The van der Waals surface area contributed by atoms with Gasteiger partial charge < -0.3 is 10.2 Å². The van der Waals surface area contributed by atoms with Crippen LogP contribution in [0.2, 0.25) is 0 Å². The van der Waals surface area contributed by atoms with Crippen LogP contribution in [0.3, 0.4) is 0 Å². The number of sulfone groups is 1. The van der Waals surface area contributed by atoms with Gasteiger partial charge in [-0.15, -0.1) is 0 Å². The Hall–Kier alpha value is -1.11. The second-order valence-electron chi connectivity index (χ2n) is 5.28. The summed E-state index contributed by atoms with van der Waals surface area (Å²) in [7, 11) is -2.96. The third-order valence-corrected chi connectivity index (χ3v) is 5.64. The summed E-state index contributed by atoms with van der Waals surface area (Å²) in [5.41, 5.74) is 0. The predicted octanol–water partition coefficient (Wildman–Crippen LogP) is -0.311. The minimum Gasteiger partial charge on any atom is -0.343 e. The number of hydrogen-bond donors (Lipinski definition) is 1. The van der Waals surface area contributed by atoms with Crippen molar-refractivity contribution in [1.29, 1.82) is 0 Å². The minimum atomic E-state index is -2.96. The molecule has 2 saturated heterocycles. The molecule has 2 heterocycles. The number of amides is 2. The fourth-order valence-electron chi connectivity index (χ4n) is 2.85. The van der Waals surface area contributed by atoms with E-state index < -0.39 is 21.9 Å². The average molecular weight is 288 g/mol. The van der Waals surface area contributed by atoms with E-state index in [1.165, 1.54) is 0 Å². The fraction of sp³-hybridized carbons (Fsp3) is 0.833. The van der Waals surface area contributed by atoms with Crippen LogP contribution in [0.1, 0.15) is 33.1 Å². The third kappa shape index (κ3) is 2.75. The van der Waals surface area contributed by atoms with Crippen LogP contribution in [0, 0.1) is 0 Å². The predicted molar refractivity (Wildman–Crippen MR) is 70.2 cm³/mol. The first-order chi connectivity index (χ1) is 8.85. The van der Waals surface area contributed by atoms with Gasteiger partial charge in [-0.3, -0.25) is 9.59 Å². The van der Waals surface area contributed by atoms with E-state index in [9.17, 15) is 18.0 Å². The lowest BCUT2D eigenvalue weighted by molar-refractivity contribution is -0.152. The molecule has 7 heteroatoms. The molecule has 0 aromatic carbocycles. The van der Waals surface area contributed by atoms with E-state index >= 15 is 0 Å². The summed E-state index contributed by atoms with van der Waals surface area (Å²) in [5, 5.41) is 2.67. The van der Waals surface area contributed by atoms with E-state index in [4.69, 9.17) is 0 Å². The van der Waals surface area contributed by atoms with Crippen LogP contribution in [0.5, 0.6) is 0 Å². The van der Waals surface area contributed by atoms with Crippen LogP contribution >= 0.6 is 0 Å². The standard InChI is InChI=1S/C12H20N2O4S/c1-3-10-11(15)13-8(2)12(16)14(10)9-4-6-19(17,18)7-5-9/h8-10H,3-7H2,1-2H3,(H,13,15). The molecule has 2 aliphatic rings. The van der Waals surface area contributed by atoms with Gasteiger partial charge in [0.15, 0.2) is 0 Å². The molecule has 6 nitrogen and oxygen atoms in total. The molecule has 0 aromatic heterocycles. The maximum absolute atomic E-state index is 12.3. The van der Waals surface area contributed by atoms with Crippen LogP contribution in [0.4, 0.5) is 0 Å². The number of nitrogens with zero attached hydrogens (tertiary/aromatic N) is 1. The summed E-state index contributed by atoms with van der Waals surface area (Å²) in [6, 6.07) is -1.11. The Labute approximate surface area is 113 Å². The summed E-state index contributed by atoms with van der Waals surface area (Å²) in [5.74, 6) is -0.0272. The molecule has 0 aromatic rings. The molecule has 2 atom stereocenters. The van der Waals surface area contributed by atoms with Gasteiger partial charge in [0.05, 0.1) is 11.5 Å². The number of rotatable bonds is 2. The zero-order chi connectivity index (χ0) is 14.2. The second kappa shape index (κ2) is 5.11. The Morgan fingerprint density at radius 1 is 1.26 bits per heavy atom. The van der Waals surface area contributed by atoms with Gasteiger partial charge in [-0.1, -0.05) is 6.92 Å². The van der Waals surface area contributed by atoms with E-state index in [-0.39, 0.29) is 29.4 Å². The van der Waals surface area contributed by atoms with Gasteiger partial charge >= 0.3 is 0 Å². The Morgan fingerprint density at radius 3 is 2.37 bits per heavy atom. The molecule has 1 N–H and O–H groups in total. The molecule has 2 fully saturated rings. The van der Waals surface area contributed by atoms with Gasteiger partial charge in [-0.25, -0.2) is 8.42 Å². The summed E-state index contributed by atoms with van der Waals surface area (Å²) in [4.78, 5) is 25.8. The van der Waals surface area contributed by atoms with Crippen LogP contribution in [-0.4, -0.2) is 54.8 Å². The van der Waals surface area contributed by atoms with Gasteiger partial charge in [0, 0.05) is 6.04 Å². The molecule has 2 amide bonds. The van der Waals surface area contributed by atoms with Gasteiger partial charge in [-0.05, 0) is 26.2 Å². The monoisotopic (exact) mass is 288 g/mol. The van der Waals surface area contributed by atoms with Crippen molar-refractivity contribution in [3.05, 3.63) is 0 Å². The topological polar surface area (TPSA) is 83.6 Å². The first kappa shape index (κ1) is 14.3. The highest BCUT2D eigenvalue weighted by molar-refractivity contribution is 7.91. The van der Waals surface area contributed by atoms with Crippen LogP contribution in [0.15, 0.2) is 0 Å². The van der Waals surface area contributed by atoms with E-state index in [2.05, 4.69) is 5.32 Å². The summed E-state index contributed by atoms with van der Waals surface area (Å²) < 4.78 is 22.9. The molecule has 0 bridgehead atoms. The quantitative estimate of drug-likeness (QED) is 0.755. The highest BCUT2D eigenvalue weighted by atomic mass is 32.2. The maximum atomic E-state index is 12.3. The Kier molecular flexibility index (Phi) is 3.85. The van der Waals surface area contributed by atoms with Crippen LogP contribution in [0.25, 0.3) is 0 Å². The van der Waals surface area contributed by atoms with Crippen molar-refractivity contribution in [3.63, 3.8) is 0 Å². The second-order valence-corrected chi connectivity index (χ2v) is 7.59. The van der Waals surface area contributed by atoms with E-state index in [0.29, 0.717) is 19.3 Å². The molecule has 0 spiro atoms. The van der Waals surface area contributed by atoms with Crippen molar-refractivity contribution in [2.45, 2.75) is 51.2 Å². The third-order valence-electron chi connectivity index (χ3n) is 3.93. The number of carbonyl (C=O) groups excluding carboxylic acids is 2. The minimum absolute atomic E-state index is 0.101.